The Labute approximate surface area is 161 Å². The van der Waals surface area contributed by atoms with Crippen LogP contribution in [-0.2, 0) is 11.2 Å². The first kappa shape index (κ1) is 20.6. The van der Waals surface area contributed by atoms with Gasteiger partial charge in [0.15, 0.2) is 6.10 Å². The molecule has 0 bridgehead atoms. The first-order valence-electron chi connectivity index (χ1n) is 9.32. The highest BCUT2D eigenvalue weighted by molar-refractivity contribution is 5.80. The predicted octanol–water partition coefficient (Wildman–Crippen LogP) is 4.00. The van der Waals surface area contributed by atoms with Crippen LogP contribution >= 0.6 is 0 Å². The lowest BCUT2D eigenvalue weighted by Gasteiger charge is -2.15. The molecule has 5 nitrogen and oxygen atoms in total. The molecule has 1 amide bonds. The third kappa shape index (κ3) is 7.21. The quantitative estimate of drug-likeness (QED) is 0.642. The second-order valence-electron chi connectivity index (χ2n) is 6.64. The minimum Gasteiger partial charge on any atom is -0.497 e. The molecule has 0 radical (unpaired) electrons. The van der Waals surface area contributed by atoms with Gasteiger partial charge in [-0.15, -0.1) is 0 Å². The summed E-state index contributed by atoms with van der Waals surface area (Å²) in [4.78, 5) is 12.2. The zero-order valence-corrected chi connectivity index (χ0v) is 16.5. The molecular formula is C22H29NO4. The van der Waals surface area contributed by atoms with Crippen molar-refractivity contribution < 1.29 is 19.0 Å². The average molecular weight is 371 g/mol. The number of aryl methyl sites for hydroxylation is 1. The lowest BCUT2D eigenvalue weighted by molar-refractivity contribution is -0.127. The Morgan fingerprint density at radius 3 is 2.33 bits per heavy atom. The van der Waals surface area contributed by atoms with Crippen LogP contribution in [0.15, 0.2) is 48.5 Å². The second-order valence-corrected chi connectivity index (χ2v) is 6.64. The molecule has 0 aliphatic rings. The van der Waals surface area contributed by atoms with Crippen LogP contribution in [0.1, 0.15) is 32.8 Å². The Morgan fingerprint density at radius 1 is 0.963 bits per heavy atom. The van der Waals surface area contributed by atoms with Gasteiger partial charge in [-0.3, -0.25) is 4.79 Å². The van der Waals surface area contributed by atoms with Crippen LogP contribution in [0.5, 0.6) is 17.2 Å². The van der Waals surface area contributed by atoms with Crippen LogP contribution in [-0.4, -0.2) is 31.8 Å². The molecule has 1 N–H and O–H groups in total. The Kier molecular flexibility index (Phi) is 7.99. The Balaban J connectivity index is 1.72. The normalized spacial score (nSPS) is 11.7. The molecule has 0 aromatic heterocycles. The van der Waals surface area contributed by atoms with Crippen LogP contribution < -0.4 is 19.5 Å². The molecular weight excluding hydrogens is 342 g/mol. The number of ether oxygens (including phenoxy) is 3. The molecule has 2 aromatic rings. The van der Waals surface area contributed by atoms with E-state index in [1.54, 1.807) is 38.3 Å². The number of benzene rings is 2. The van der Waals surface area contributed by atoms with Crippen LogP contribution in [0, 0.1) is 0 Å². The molecule has 0 spiro atoms. The average Bonchev–Trinajstić information content (AvgIpc) is 2.65. The molecule has 146 valence electrons. The Bertz CT molecular complexity index is 713. The summed E-state index contributed by atoms with van der Waals surface area (Å²) in [6.07, 6.45) is 1.34. The number of nitrogens with one attached hydrogen (secondary N) is 1. The van der Waals surface area contributed by atoms with Crippen molar-refractivity contribution >= 4 is 5.91 Å². The maximum Gasteiger partial charge on any atom is 0.260 e. The van der Waals surface area contributed by atoms with Crippen molar-refractivity contribution in [2.45, 2.75) is 45.8 Å². The zero-order chi connectivity index (χ0) is 19.6. The summed E-state index contributed by atoms with van der Waals surface area (Å²) in [6, 6.07) is 15.3. The van der Waals surface area contributed by atoms with E-state index in [4.69, 9.17) is 14.2 Å². The first-order chi connectivity index (χ1) is 13.0. The number of hydrogen-bond donors (Lipinski definition) is 1. The fourth-order valence-electron chi connectivity index (χ4n) is 2.61. The number of carbonyl (C=O) groups is 1. The molecule has 5 heteroatoms. The maximum absolute atomic E-state index is 12.2. The van der Waals surface area contributed by atoms with Gasteiger partial charge in [-0.1, -0.05) is 12.1 Å². The van der Waals surface area contributed by atoms with E-state index in [1.807, 2.05) is 26.0 Å². The van der Waals surface area contributed by atoms with E-state index in [9.17, 15) is 4.79 Å². The standard InChI is InChI=1S/C22H29NO4/c1-16(2)26-21-9-5-7-18(15-21)8-6-14-23-22(24)17(3)27-20-12-10-19(25-4)11-13-20/h5,7,9-13,15-17H,6,8,14H2,1-4H3,(H,23,24)/t17-/m1/s1. The van der Waals surface area contributed by atoms with Crippen LogP contribution in [0.25, 0.3) is 0 Å². The van der Waals surface area contributed by atoms with E-state index >= 15 is 0 Å². The van der Waals surface area contributed by atoms with Crippen molar-refractivity contribution in [3.8, 4) is 17.2 Å². The molecule has 1 atom stereocenters. The number of hydrogen-bond acceptors (Lipinski definition) is 4. The molecule has 0 aliphatic heterocycles. The summed E-state index contributed by atoms with van der Waals surface area (Å²) in [6.45, 7) is 6.37. The number of amides is 1. The third-order valence-corrected chi connectivity index (χ3v) is 3.95. The van der Waals surface area contributed by atoms with Crippen molar-refractivity contribution in [3.63, 3.8) is 0 Å². The molecule has 27 heavy (non-hydrogen) atoms. The first-order valence-corrected chi connectivity index (χ1v) is 9.32. The van der Waals surface area contributed by atoms with Gasteiger partial charge < -0.3 is 19.5 Å². The highest BCUT2D eigenvalue weighted by Crippen LogP contribution is 2.18. The highest BCUT2D eigenvalue weighted by atomic mass is 16.5. The monoisotopic (exact) mass is 371 g/mol. The van der Waals surface area contributed by atoms with Crippen molar-refractivity contribution in [2.24, 2.45) is 0 Å². The van der Waals surface area contributed by atoms with Gasteiger partial charge in [-0.05, 0) is 75.6 Å². The van der Waals surface area contributed by atoms with Gasteiger partial charge in [-0.2, -0.15) is 0 Å². The molecule has 2 aromatic carbocycles. The molecule has 2 rings (SSSR count). The van der Waals surface area contributed by atoms with Gasteiger partial charge >= 0.3 is 0 Å². The second kappa shape index (κ2) is 10.5. The van der Waals surface area contributed by atoms with Crippen LogP contribution in [0.4, 0.5) is 0 Å². The van der Waals surface area contributed by atoms with E-state index in [-0.39, 0.29) is 12.0 Å². The predicted molar refractivity (Wildman–Crippen MR) is 107 cm³/mol. The number of carbonyl (C=O) groups excluding carboxylic acids is 1. The Hall–Kier alpha value is -2.69. The van der Waals surface area contributed by atoms with Gasteiger partial charge in [0.25, 0.3) is 5.91 Å². The molecule has 0 heterocycles. The summed E-state index contributed by atoms with van der Waals surface area (Å²) in [5.74, 6) is 2.15. The van der Waals surface area contributed by atoms with Gasteiger partial charge in [0.2, 0.25) is 0 Å². The molecule has 0 unspecified atom stereocenters. The zero-order valence-electron chi connectivity index (χ0n) is 16.5. The minimum absolute atomic E-state index is 0.122. The topological polar surface area (TPSA) is 56.8 Å². The molecule has 0 fully saturated rings. The van der Waals surface area contributed by atoms with Gasteiger partial charge in [0, 0.05) is 6.54 Å². The molecule has 0 saturated carbocycles. The number of rotatable bonds is 10. The lowest BCUT2D eigenvalue weighted by Crippen LogP contribution is -2.36. The minimum atomic E-state index is -0.554. The van der Waals surface area contributed by atoms with E-state index < -0.39 is 6.10 Å². The largest absolute Gasteiger partial charge is 0.497 e. The van der Waals surface area contributed by atoms with Gasteiger partial charge in [0.05, 0.1) is 13.2 Å². The summed E-state index contributed by atoms with van der Waals surface area (Å²) in [5.41, 5.74) is 1.20. The third-order valence-electron chi connectivity index (χ3n) is 3.95. The van der Waals surface area contributed by atoms with Gasteiger partial charge in [0.1, 0.15) is 17.2 Å². The Morgan fingerprint density at radius 2 is 1.67 bits per heavy atom. The number of methoxy groups -OCH3 is 1. The van der Waals surface area contributed by atoms with Crippen LogP contribution in [0.3, 0.4) is 0 Å². The maximum atomic E-state index is 12.2. The fraction of sp³-hybridized carbons (Fsp3) is 0.409. The van der Waals surface area contributed by atoms with E-state index in [1.165, 1.54) is 5.56 Å². The molecule has 0 aliphatic carbocycles. The fourth-order valence-corrected chi connectivity index (χ4v) is 2.61. The SMILES string of the molecule is COc1ccc(O[C@H](C)C(=O)NCCCc2cccc(OC(C)C)c2)cc1. The summed E-state index contributed by atoms with van der Waals surface area (Å²) < 4.78 is 16.5. The van der Waals surface area contributed by atoms with E-state index in [0.29, 0.717) is 12.3 Å². The summed E-state index contributed by atoms with van der Waals surface area (Å²) in [5, 5.41) is 2.92. The van der Waals surface area contributed by atoms with Crippen LogP contribution in [0.2, 0.25) is 0 Å². The summed E-state index contributed by atoms with van der Waals surface area (Å²) >= 11 is 0. The van der Waals surface area contributed by atoms with E-state index in [0.717, 1.165) is 24.3 Å². The van der Waals surface area contributed by atoms with E-state index in [2.05, 4.69) is 17.4 Å². The lowest BCUT2D eigenvalue weighted by atomic mass is 10.1. The highest BCUT2D eigenvalue weighted by Gasteiger charge is 2.14. The van der Waals surface area contributed by atoms with Crippen molar-refractivity contribution in [1.29, 1.82) is 0 Å². The van der Waals surface area contributed by atoms with Crippen molar-refractivity contribution in [2.75, 3.05) is 13.7 Å². The molecule has 0 saturated heterocycles. The smallest absolute Gasteiger partial charge is 0.260 e. The van der Waals surface area contributed by atoms with Crippen molar-refractivity contribution in [3.05, 3.63) is 54.1 Å². The summed E-state index contributed by atoms with van der Waals surface area (Å²) in [7, 11) is 1.61. The van der Waals surface area contributed by atoms with Gasteiger partial charge in [-0.25, -0.2) is 0 Å². The van der Waals surface area contributed by atoms with Crippen molar-refractivity contribution in [1.82, 2.24) is 5.32 Å².